The van der Waals surface area contributed by atoms with E-state index in [0.717, 1.165) is 12.8 Å². The number of fused-ring (bicyclic) bond motifs is 6. The zero-order valence-electron chi connectivity index (χ0n) is 34.3. The molecule has 0 fully saturated rings. The maximum absolute atomic E-state index is 3.73. The average molecular weight is 908 g/mol. The van der Waals surface area contributed by atoms with Crippen LogP contribution in [0.5, 0.6) is 0 Å². The van der Waals surface area contributed by atoms with Gasteiger partial charge in [-0.1, -0.05) is 118 Å². The Hall–Kier alpha value is -2.07. The first-order valence-corrected chi connectivity index (χ1v) is 21.2. The van der Waals surface area contributed by atoms with Gasteiger partial charge in [0, 0.05) is 0 Å². The molecule has 0 saturated heterocycles. The number of hydrogen-bond donors (Lipinski definition) is 0. The van der Waals surface area contributed by atoms with Crippen molar-refractivity contribution in [2.24, 2.45) is 11.8 Å². The van der Waals surface area contributed by atoms with Gasteiger partial charge in [0.15, 0.2) is 0 Å². The minimum absolute atomic E-state index is 0. The summed E-state index contributed by atoms with van der Waals surface area (Å²) in [4.78, 5) is 0. The molecule has 4 aliphatic carbocycles. The van der Waals surface area contributed by atoms with Crippen LogP contribution in [-0.2, 0) is 61.3 Å². The molecule has 0 radical (unpaired) electrons. The van der Waals surface area contributed by atoms with Gasteiger partial charge in [-0.3, -0.25) is 0 Å². The van der Waals surface area contributed by atoms with Crippen molar-refractivity contribution in [3.63, 3.8) is 0 Å². The molecular formula is C50H54Cl2Zr2-4. The van der Waals surface area contributed by atoms with E-state index in [0.29, 0.717) is 11.8 Å². The van der Waals surface area contributed by atoms with E-state index < -0.39 is 0 Å². The monoisotopic (exact) mass is 904 g/mol. The molecule has 2 atom stereocenters. The number of allylic oxidation sites excluding steroid dienone is 8. The molecule has 4 aromatic rings. The van der Waals surface area contributed by atoms with Crippen molar-refractivity contribution in [1.29, 1.82) is 0 Å². The van der Waals surface area contributed by atoms with Crippen molar-refractivity contribution >= 4 is 17.6 Å². The summed E-state index contributed by atoms with van der Waals surface area (Å²) in [7, 11) is 0. The molecule has 0 aliphatic heterocycles. The topological polar surface area (TPSA) is 0 Å². The van der Waals surface area contributed by atoms with Gasteiger partial charge in [-0.15, -0.1) is 69.8 Å². The Morgan fingerprint density at radius 2 is 0.796 bits per heavy atom. The van der Waals surface area contributed by atoms with E-state index in [1.807, 2.05) is 0 Å². The summed E-state index contributed by atoms with van der Waals surface area (Å²) < 4.78 is 3.01. The largest absolute Gasteiger partial charge is 1.00 e. The van der Waals surface area contributed by atoms with Crippen LogP contribution < -0.4 is 24.8 Å². The fourth-order valence-corrected chi connectivity index (χ4v) is 8.03. The molecule has 4 aromatic carbocycles. The van der Waals surface area contributed by atoms with Crippen LogP contribution in [0.3, 0.4) is 0 Å². The standard InChI is InChI=1S/2C22H21.2C3H6.2ClH.2Zr/c2*1-13-14(2)16(4)22(15(13)3)18-9-10-21-19(12-18)11-17-7-5-6-8-20(17)21;2*1-3-2;;;;/h2*5-10,15H,11H2,1-4H3;2*1-2H3;2*1H;;/q2*-1;;;;;;/p-2. The van der Waals surface area contributed by atoms with E-state index in [4.69, 9.17) is 0 Å². The summed E-state index contributed by atoms with van der Waals surface area (Å²) >= 11 is 3.11. The van der Waals surface area contributed by atoms with Crippen LogP contribution in [0.1, 0.15) is 116 Å². The molecule has 0 bridgehead atoms. The van der Waals surface area contributed by atoms with Gasteiger partial charge in [-0.2, -0.15) is 0 Å². The normalized spacial score (nSPS) is 17.0. The third kappa shape index (κ3) is 9.89. The molecule has 0 N–H and O–H groups in total. The Labute approximate surface area is 369 Å². The Balaban J connectivity index is 0.000000236. The van der Waals surface area contributed by atoms with E-state index in [-0.39, 0.29) is 24.8 Å². The molecule has 54 heavy (non-hydrogen) atoms. The Bertz CT molecular complexity index is 2040. The van der Waals surface area contributed by atoms with Gasteiger partial charge < -0.3 is 24.8 Å². The van der Waals surface area contributed by atoms with Crippen LogP contribution in [0.2, 0.25) is 0 Å². The SMILES string of the molecule is CC1=C(C)C(C)C(c2[c-]c3c(cc2)-c2ccccc2C3)=C1C.CC1=C(C)C(C)C(c2[c-]c3c(cc2)-c2ccccc2C3)=C1C.C[C](C)=[Zr].C[C](C)=[Zr].[Cl-].[Cl-]. The quantitative estimate of drug-likeness (QED) is 0.163. The number of halogens is 2. The molecule has 2 unspecified atom stereocenters. The fourth-order valence-electron chi connectivity index (χ4n) is 8.03. The Morgan fingerprint density at radius 3 is 1.09 bits per heavy atom. The van der Waals surface area contributed by atoms with Gasteiger partial charge in [0.25, 0.3) is 0 Å². The summed E-state index contributed by atoms with van der Waals surface area (Å²) in [5.41, 5.74) is 25.4. The second kappa shape index (κ2) is 19.9. The molecule has 0 nitrogen and oxygen atoms in total. The molecule has 4 aliphatic rings. The van der Waals surface area contributed by atoms with E-state index in [2.05, 4.69) is 168 Å². The van der Waals surface area contributed by atoms with Crippen LogP contribution in [0.4, 0.5) is 0 Å². The maximum atomic E-state index is 3.73. The molecule has 8 rings (SSSR count). The first-order chi connectivity index (χ1) is 24.6. The predicted molar refractivity (Wildman–Crippen MR) is 220 cm³/mol. The second-order valence-electron chi connectivity index (χ2n) is 15.3. The zero-order valence-corrected chi connectivity index (χ0v) is 40.7. The molecule has 4 heteroatoms. The average Bonchev–Trinajstić information content (AvgIpc) is 3.77. The third-order valence-electron chi connectivity index (χ3n) is 11.3. The minimum atomic E-state index is 0. The second-order valence-corrected chi connectivity index (χ2v) is 20.2. The van der Waals surface area contributed by atoms with Gasteiger partial charge in [0.2, 0.25) is 0 Å². The van der Waals surface area contributed by atoms with Crippen LogP contribution in [-0.4, -0.2) is 6.41 Å². The van der Waals surface area contributed by atoms with Gasteiger partial charge >= 0.3 is 82.6 Å². The number of benzene rings is 4. The molecule has 0 amide bonds. The van der Waals surface area contributed by atoms with Gasteiger partial charge in [0.05, 0.1) is 0 Å². The number of hydrogen-bond acceptors (Lipinski definition) is 0. The van der Waals surface area contributed by atoms with Crippen molar-refractivity contribution in [3.8, 4) is 22.3 Å². The van der Waals surface area contributed by atoms with Crippen molar-refractivity contribution < 1.29 is 73.3 Å². The summed E-state index contributed by atoms with van der Waals surface area (Å²) in [6, 6.07) is 34.0. The van der Waals surface area contributed by atoms with Crippen LogP contribution in [0, 0.1) is 24.0 Å². The molecule has 0 saturated carbocycles. The van der Waals surface area contributed by atoms with E-state index in [9.17, 15) is 0 Å². The number of rotatable bonds is 2. The molecule has 0 aromatic heterocycles. The third-order valence-corrected chi connectivity index (χ3v) is 11.3. The van der Waals surface area contributed by atoms with Crippen molar-refractivity contribution in [2.75, 3.05) is 0 Å². The van der Waals surface area contributed by atoms with E-state index >= 15 is 0 Å². The van der Waals surface area contributed by atoms with Crippen molar-refractivity contribution in [3.05, 3.63) is 152 Å². The summed E-state index contributed by atoms with van der Waals surface area (Å²) in [5.74, 6) is 1.02. The Morgan fingerprint density at radius 1 is 0.481 bits per heavy atom. The van der Waals surface area contributed by atoms with Crippen molar-refractivity contribution in [2.45, 2.75) is 95.9 Å². The Kier molecular flexibility index (Phi) is 17.0. The van der Waals surface area contributed by atoms with Crippen LogP contribution in [0.15, 0.2) is 106 Å². The summed E-state index contributed by atoms with van der Waals surface area (Å²) in [6.07, 6.45) is 2.04. The van der Waals surface area contributed by atoms with E-state index in [1.165, 1.54) is 107 Å². The predicted octanol–water partition coefficient (Wildman–Crippen LogP) is 7.13. The van der Waals surface area contributed by atoms with Gasteiger partial charge in [-0.25, -0.2) is 0 Å². The van der Waals surface area contributed by atoms with Crippen molar-refractivity contribution in [1.82, 2.24) is 0 Å². The smallest absolute Gasteiger partial charge is 1.00 e. The zero-order chi connectivity index (χ0) is 38.0. The minimum Gasteiger partial charge on any atom is -1.00 e. The molecule has 0 spiro atoms. The van der Waals surface area contributed by atoms with E-state index in [1.54, 1.807) is 48.5 Å². The van der Waals surface area contributed by atoms with Crippen LogP contribution >= 0.6 is 0 Å². The summed E-state index contributed by atoms with van der Waals surface area (Å²) in [5, 5.41) is 0. The molecule has 280 valence electrons. The first kappa shape index (κ1) is 46.3. The molecule has 0 heterocycles. The van der Waals surface area contributed by atoms with Crippen LogP contribution in [0.25, 0.3) is 33.4 Å². The van der Waals surface area contributed by atoms with Gasteiger partial charge in [0.1, 0.15) is 0 Å². The fraction of sp³-hybridized carbons (Fsp3) is 0.320. The molecular weight excluding hydrogens is 854 g/mol. The summed E-state index contributed by atoms with van der Waals surface area (Å²) in [6.45, 7) is 26.7. The maximum Gasteiger partial charge on any atom is -1.00 e. The first-order valence-electron chi connectivity index (χ1n) is 18.7. The van der Waals surface area contributed by atoms with Gasteiger partial charge in [-0.05, 0) is 77.3 Å².